The lowest BCUT2D eigenvalue weighted by Gasteiger charge is -2.18. The Morgan fingerprint density at radius 3 is 1.80 bits per heavy atom. The molecule has 0 spiro atoms. The summed E-state index contributed by atoms with van der Waals surface area (Å²) in [6.07, 6.45) is 0. The van der Waals surface area contributed by atoms with Gasteiger partial charge < -0.3 is 4.18 Å². The molecule has 0 aliphatic rings. The minimum atomic E-state index is -4.19. The van der Waals surface area contributed by atoms with E-state index in [1.807, 2.05) is 0 Å². The molecule has 1 rings (SSSR count). The predicted molar refractivity (Wildman–Crippen MR) is 75.0 cm³/mol. The highest BCUT2D eigenvalue weighted by Crippen LogP contribution is 2.38. The molecule has 1 aromatic rings. The molecule has 0 unspecified atom stereocenters. The van der Waals surface area contributed by atoms with E-state index in [0.29, 0.717) is 11.1 Å². The lowest BCUT2D eigenvalue weighted by Crippen LogP contribution is -2.21. The molecule has 0 bridgehead atoms. The number of nitrogens with two attached hydrogens (primary N) is 1. The Morgan fingerprint density at radius 1 is 1.15 bits per heavy atom. The standard InChI is InChI=1S/C12H18N2O5S/c1-7(2)10-5-9(14(15)16)6-11(8(3)4)12(10)19-20(13,17)18/h5-8H,1-4H3,(H2,13,17,18). The molecule has 20 heavy (non-hydrogen) atoms. The van der Waals surface area contributed by atoms with Gasteiger partial charge in [0.05, 0.1) is 4.92 Å². The van der Waals surface area contributed by atoms with Crippen LogP contribution in [0.3, 0.4) is 0 Å². The van der Waals surface area contributed by atoms with Crippen LogP contribution in [-0.4, -0.2) is 13.3 Å². The number of hydrogen-bond acceptors (Lipinski definition) is 5. The van der Waals surface area contributed by atoms with Crippen LogP contribution in [0.2, 0.25) is 0 Å². The zero-order chi connectivity index (χ0) is 15.7. The summed E-state index contributed by atoms with van der Waals surface area (Å²) in [5.74, 6) is -0.212. The second kappa shape index (κ2) is 5.76. The number of nitro groups is 1. The summed E-state index contributed by atoms with van der Waals surface area (Å²) in [5.41, 5.74) is 0.785. The highest BCUT2D eigenvalue weighted by molar-refractivity contribution is 7.84. The molecule has 0 aliphatic heterocycles. The van der Waals surface area contributed by atoms with Crippen molar-refractivity contribution in [3.05, 3.63) is 33.4 Å². The Hall–Kier alpha value is -1.67. The molecule has 1 aromatic carbocycles. The number of benzene rings is 1. The van der Waals surface area contributed by atoms with Gasteiger partial charge in [0.15, 0.2) is 5.75 Å². The first kappa shape index (κ1) is 16.4. The zero-order valence-corrected chi connectivity index (χ0v) is 12.6. The van der Waals surface area contributed by atoms with Crippen molar-refractivity contribution in [1.29, 1.82) is 0 Å². The van der Waals surface area contributed by atoms with Crippen molar-refractivity contribution >= 4 is 16.0 Å². The van der Waals surface area contributed by atoms with Gasteiger partial charge in [-0.3, -0.25) is 10.1 Å². The Kier molecular flexibility index (Phi) is 4.72. The minimum Gasteiger partial charge on any atom is -0.370 e. The van der Waals surface area contributed by atoms with Crippen LogP contribution in [0, 0.1) is 10.1 Å². The van der Waals surface area contributed by atoms with Crippen LogP contribution >= 0.6 is 0 Å². The molecular formula is C12H18N2O5S. The van der Waals surface area contributed by atoms with Crippen LogP contribution < -0.4 is 9.32 Å². The van der Waals surface area contributed by atoms with Gasteiger partial charge in [0.2, 0.25) is 0 Å². The normalized spacial score (nSPS) is 11.9. The molecule has 112 valence electrons. The number of nitrogens with zero attached hydrogens (tertiary/aromatic N) is 1. The van der Waals surface area contributed by atoms with Crippen LogP contribution in [0.25, 0.3) is 0 Å². The highest BCUT2D eigenvalue weighted by atomic mass is 32.2. The van der Waals surface area contributed by atoms with E-state index in [0.717, 1.165) is 0 Å². The Labute approximate surface area is 118 Å². The molecule has 0 aromatic heterocycles. The van der Waals surface area contributed by atoms with Gasteiger partial charge in [0.25, 0.3) is 5.69 Å². The third-order valence-electron chi connectivity index (χ3n) is 2.79. The number of hydrogen-bond donors (Lipinski definition) is 1. The largest absolute Gasteiger partial charge is 0.380 e. The van der Waals surface area contributed by atoms with Gasteiger partial charge in [-0.25, -0.2) is 0 Å². The van der Waals surface area contributed by atoms with Crippen LogP contribution in [0.1, 0.15) is 50.7 Å². The van der Waals surface area contributed by atoms with Crippen molar-refractivity contribution < 1.29 is 17.5 Å². The first-order valence-electron chi connectivity index (χ1n) is 6.07. The second-order valence-corrected chi connectivity index (χ2v) is 6.25. The molecule has 0 saturated heterocycles. The smallest absolute Gasteiger partial charge is 0.370 e. The first-order valence-corrected chi connectivity index (χ1v) is 7.54. The maximum Gasteiger partial charge on any atom is 0.380 e. The fourth-order valence-electron chi connectivity index (χ4n) is 1.83. The van der Waals surface area contributed by atoms with Crippen molar-refractivity contribution in [2.45, 2.75) is 39.5 Å². The van der Waals surface area contributed by atoms with Gasteiger partial charge in [-0.05, 0) is 11.8 Å². The summed E-state index contributed by atoms with van der Waals surface area (Å²) in [7, 11) is -4.19. The highest BCUT2D eigenvalue weighted by Gasteiger charge is 2.24. The van der Waals surface area contributed by atoms with Crippen molar-refractivity contribution in [2.75, 3.05) is 0 Å². The molecule has 0 aliphatic carbocycles. The second-order valence-electron chi connectivity index (χ2n) is 5.10. The van der Waals surface area contributed by atoms with E-state index in [9.17, 15) is 18.5 Å². The van der Waals surface area contributed by atoms with Gasteiger partial charge in [-0.1, -0.05) is 27.7 Å². The zero-order valence-electron chi connectivity index (χ0n) is 11.8. The molecule has 0 heterocycles. The number of rotatable bonds is 5. The Morgan fingerprint density at radius 2 is 1.55 bits per heavy atom. The average Bonchev–Trinajstić information content (AvgIpc) is 2.25. The fraction of sp³-hybridized carbons (Fsp3) is 0.500. The lowest BCUT2D eigenvalue weighted by molar-refractivity contribution is -0.385. The van der Waals surface area contributed by atoms with E-state index in [1.54, 1.807) is 27.7 Å². The molecule has 8 heteroatoms. The summed E-state index contributed by atoms with van der Waals surface area (Å²) < 4.78 is 27.2. The summed E-state index contributed by atoms with van der Waals surface area (Å²) in [5, 5.41) is 15.9. The summed E-state index contributed by atoms with van der Waals surface area (Å²) in [4.78, 5) is 10.5. The first-order chi connectivity index (χ1) is 9.03. The van der Waals surface area contributed by atoms with Crippen LogP contribution in [0.4, 0.5) is 5.69 Å². The Balaban J connectivity index is 3.63. The molecule has 7 nitrogen and oxygen atoms in total. The van der Waals surface area contributed by atoms with E-state index in [1.165, 1.54) is 12.1 Å². The fourth-order valence-corrected chi connectivity index (χ4v) is 2.26. The third kappa shape index (κ3) is 3.91. The van der Waals surface area contributed by atoms with Crippen LogP contribution in [0.15, 0.2) is 12.1 Å². The lowest BCUT2D eigenvalue weighted by atomic mass is 9.93. The van der Waals surface area contributed by atoms with E-state index in [-0.39, 0.29) is 23.3 Å². The third-order valence-corrected chi connectivity index (χ3v) is 3.18. The van der Waals surface area contributed by atoms with Crippen molar-refractivity contribution in [1.82, 2.24) is 0 Å². The minimum absolute atomic E-state index is 0.0862. The summed E-state index contributed by atoms with van der Waals surface area (Å²) >= 11 is 0. The van der Waals surface area contributed by atoms with Crippen LogP contribution in [-0.2, 0) is 10.3 Å². The average molecular weight is 302 g/mol. The quantitative estimate of drug-likeness (QED) is 0.663. The monoisotopic (exact) mass is 302 g/mol. The molecule has 0 radical (unpaired) electrons. The predicted octanol–water partition coefficient (Wildman–Crippen LogP) is 2.42. The maximum atomic E-state index is 11.2. The van der Waals surface area contributed by atoms with E-state index in [4.69, 9.17) is 9.32 Å². The van der Waals surface area contributed by atoms with Crippen LogP contribution in [0.5, 0.6) is 5.75 Å². The maximum absolute atomic E-state index is 11.2. The van der Waals surface area contributed by atoms with Crippen molar-refractivity contribution in [3.8, 4) is 5.75 Å². The topological polar surface area (TPSA) is 113 Å². The van der Waals surface area contributed by atoms with Gasteiger partial charge in [0.1, 0.15) is 0 Å². The molecule has 0 amide bonds. The van der Waals surface area contributed by atoms with Gasteiger partial charge in [-0.2, -0.15) is 13.6 Å². The number of nitro benzene ring substituents is 1. The summed E-state index contributed by atoms with van der Waals surface area (Å²) in [6, 6.07) is 2.63. The van der Waals surface area contributed by atoms with Crippen molar-refractivity contribution in [2.24, 2.45) is 5.14 Å². The molecule has 0 saturated carbocycles. The van der Waals surface area contributed by atoms with Gasteiger partial charge >= 0.3 is 10.3 Å². The van der Waals surface area contributed by atoms with Crippen molar-refractivity contribution in [3.63, 3.8) is 0 Å². The molecule has 0 fully saturated rings. The van der Waals surface area contributed by atoms with E-state index in [2.05, 4.69) is 0 Å². The number of non-ortho nitro benzene ring substituents is 1. The van der Waals surface area contributed by atoms with E-state index < -0.39 is 15.2 Å². The van der Waals surface area contributed by atoms with Gasteiger partial charge in [0, 0.05) is 23.3 Å². The molecule has 2 N–H and O–H groups in total. The molecule has 0 atom stereocenters. The summed E-state index contributed by atoms with van der Waals surface area (Å²) in [6.45, 7) is 7.16. The van der Waals surface area contributed by atoms with Gasteiger partial charge in [-0.15, -0.1) is 0 Å². The Bertz CT molecular complexity index is 594. The SMILES string of the molecule is CC(C)c1cc([N+](=O)[O-])cc(C(C)C)c1OS(N)(=O)=O. The molecular weight excluding hydrogens is 284 g/mol. The van der Waals surface area contributed by atoms with E-state index >= 15 is 0 Å².